The first-order valence-electron chi connectivity index (χ1n) is 10.0. The predicted octanol–water partition coefficient (Wildman–Crippen LogP) is 5.72. The molecule has 0 N–H and O–H groups in total. The predicted molar refractivity (Wildman–Crippen MR) is 114 cm³/mol. The molecule has 0 unspecified atom stereocenters. The zero-order valence-electron chi connectivity index (χ0n) is 17.2. The Morgan fingerprint density at radius 2 is 1.72 bits per heavy atom. The van der Waals surface area contributed by atoms with Gasteiger partial charge in [0, 0.05) is 11.6 Å². The van der Waals surface area contributed by atoms with Crippen molar-refractivity contribution in [2.24, 2.45) is 5.92 Å². The van der Waals surface area contributed by atoms with Crippen LogP contribution >= 0.6 is 0 Å². The van der Waals surface area contributed by atoms with Gasteiger partial charge in [-0.3, -0.25) is 4.90 Å². The first kappa shape index (κ1) is 19.5. The molecular formula is C25H27NO3. The number of ether oxygens (including phenoxy) is 2. The molecule has 4 rings (SSSR count). The van der Waals surface area contributed by atoms with Gasteiger partial charge in [0.15, 0.2) is 0 Å². The minimum atomic E-state index is -0.560. The molecule has 2 atom stereocenters. The van der Waals surface area contributed by atoms with Crippen molar-refractivity contribution in [3.8, 4) is 0 Å². The topological polar surface area (TPSA) is 38.8 Å². The molecule has 150 valence electrons. The number of fused-ring (bicyclic) bond motifs is 3. The van der Waals surface area contributed by atoms with Crippen molar-refractivity contribution in [3.05, 3.63) is 89.1 Å². The normalized spacial score (nSPS) is 20.1. The molecule has 2 aliphatic rings. The van der Waals surface area contributed by atoms with Gasteiger partial charge in [0.05, 0.1) is 19.3 Å². The Kier molecular flexibility index (Phi) is 5.29. The summed E-state index contributed by atoms with van der Waals surface area (Å²) < 4.78 is 11.7. The van der Waals surface area contributed by atoms with E-state index < -0.39 is 5.60 Å². The van der Waals surface area contributed by atoms with Crippen LogP contribution in [0.4, 0.5) is 4.79 Å². The van der Waals surface area contributed by atoms with Gasteiger partial charge in [0.2, 0.25) is 0 Å². The molecule has 0 spiro atoms. The third-order valence-corrected chi connectivity index (χ3v) is 5.10. The zero-order chi connectivity index (χ0) is 20.4. The van der Waals surface area contributed by atoms with Crippen LogP contribution in [0.5, 0.6) is 0 Å². The molecule has 0 saturated carbocycles. The van der Waals surface area contributed by atoms with Gasteiger partial charge in [0.1, 0.15) is 5.60 Å². The number of hydrogen-bond acceptors (Lipinski definition) is 3. The molecule has 1 aliphatic heterocycles. The van der Waals surface area contributed by atoms with E-state index in [9.17, 15) is 4.79 Å². The van der Waals surface area contributed by atoms with Crippen LogP contribution in [-0.2, 0) is 16.1 Å². The molecule has 0 radical (unpaired) electrons. The van der Waals surface area contributed by atoms with Crippen molar-refractivity contribution >= 4 is 12.2 Å². The van der Waals surface area contributed by atoms with E-state index in [2.05, 4.69) is 30.4 Å². The Morgan fingerprint density at radius 1 is 1.00 bits per heavy atom. The largest absolute Gasteiger partial charge is 0.443 e. The van der Waals surface area contributed by atoms with Gasteiger partial charge in [-0.05, 0) is 37.5 Å². The van der Waals surface area contributed by atoms with Gasteiger partial charge in [-0.2, -0.15) is 0 Å². The molecular weight excluding hydrogens is 362 g/mol. The second kappa shape index (κ2) is 7.88. The van der Waals surface area contributed by atoms with E-state index in [-0.39, 0.29) is 18.1 Å². The lowest BCUT2D eigenvalue weighted by Crippen LogP contribution is -2.39. The summed E-state index contributed by atoms with van der Waals surface area (Å²) >= 11 is 0. The molecule has 0 bridgehead atoms. The van der Waals surface area contributed by atoms with Gasteiger partial charge in [-0.15, -0.1) is 0 Å². The highest BCUT2D eigenvalue weighted by Gasteiger charge is 2.42. The Morgan fingerprint density at radius 3 is 2.48 bits per heavy atom. The lowest BCUT2D eigenvalue weighted by molar-refractivity contribution is 0.0197. The smallest absolute Gasteiger partial charge is 0.415 e. The molecule has 1 amide bonds. The van der Waals surface area contributed by atoms with E-state index >= 15 is 0 Å². The van der Waals surface area contributed by atoms with Crippen LogP contribution in [0.3, 0.4) is 0 Å². The summed E-state index contributed by atoms with van der Waals surface area (Å²) in [6.07, 6.45) is 6.10. The lowest BCUT2D eigenvalue weighted by Gasteiger charge is -2.34. The molecule has 29 heavy (non-hydrogen) atoms. The van der Waals surface area contributed by atoms with E-state index in [4.69, 9.17) is 9.47 Å². The first-order valence-corrected chi connectivity index (χ1v) is 10.0. The first-order chi connectivity index (χ1) is 13.9. The standard InChI is InChI=1S/C25H27NO3/c1-25(2,3)29-24(27)26-21(17-28-16-18-9-5-4-6-10-18)15-20-14-13-19-11-7-8-12-22(19)23(20)26/h4-15,20,23H,16-17H2,1-3H3/t20-,23+/m1/s1. The van der Waals surface area contributed by atoms with Crippen LogP contribution in [0.25, 0.3) is 6.08 Å². The summed E-state index contributed by atoms with van der Waals surface area (Å²) in [5, 5.41) is 0. The Labute approximate surface area is 172 Å². The molecule has 2 aromatic rings. The van der Waals surface area contributed by atoms with Crippen molar-refractivity contribution in [2.45, 2.75) is 39.0 Å². The maximum absolute atomic E-state index is 13.2. The average Bonchev–Trinajstić information content (AvgIpc) is 3.06. The molecule has 0 saturated heterocycles. The van der Waals surface area contributed by atoms with Gasteiger partial charge in [-0.25, -0.2) is 4.79 Å². The molecule has 0 fully saturated rings. The number of carbonyl (C=O) groups is 1. The molecule has 4 heteroatoms. The monoisotopic (exact) mass is 389 g/mol. The number of nitrogens with zero attached hydrogens (tertiary/aromatic N) is 1. The summed E-state index contributed by atoms with van der Waals surface area (Å²) in [6, 6.07) is 18.2. The zero-order valence-corrected chi connectivity index (χ0v) is 17.2. The fraction of sp³-hybridized carbons (Fsp3) is 0.320. The van der Waals surface area contributed by atoms with Crippen molar-refractivity contribution in [1.82, 2.24) is 4.90 Å². The van der Waals surface area contributed by atoms with Gasteiger partial charge in [-0.1, -0.05) is 72.8 Å². The average molecular weight is 389 g/mol. The third kappa shape index (κ3) is 4.28. The molecule has 1 aliphatic carbocycles. The second-order valence-corrected chi connectivity index (χ2v) is 8.50. The summed E-state index contributed by atoms with van der Waals surface area (Å²) in [4.78, 5) is 14.9. The number of rotatable bonds is 4. The SMILES string of the molecule is CC(C)(C)OC(=O)N1C(COCc2ccccc2)=C[C@H]2C=Cc3ccccc3[C@H]21. The van der Waals surface area contributed by atoms with Crippen LogP contribution in [0.1, 0.15) is 43.5 Å². The summed E-state index contributed by atoms with van der Waals surface area (Å²) in [7, 11) is 0. The van der Waals surface area contributed by atoms with E-state index in [1.54, 1.807) is 4.90 Å². The number of carbonyl (C=O) groups excluding carboxylic acids is 1. The van der Waals surface area contributed by atoms with Crippen molar-refractivity contribution in [3.63, 3.8) is 0 Å². The van der Waals surface area contributed by atoms with Gasteiger partial charge >= 0.3 is 6.09 Å². The van der Waals surface area contributed by atoms with Crippen molar-refractivity contribution < 1.29 is 14.3 Å². The maximum Gasteiger partial charge on any atom is 0.415 e. The van der Waals surface area contributed by atoms with Crippen LogP contribution in [0.15, 0.2) is 72.4 Å². The number of benzene rings is 2. The highest BCUT2D eigenvalue weighted by molar-refractivity contribution is 5.74. The minimum Gasteiger partial charge on any atom is -0.443 e. The Bertz CT molecular complexity index is 940. The molecule has 0 aromatic heterocycles. The van der Waals surface area contributed by atoms with E-state index in [0.29, 0.717) is 13.2 Å². The highest BCUT2D eigenvalue weighted by atomic mass is 16.6. The maximum atomic E-state index is 13.2. The van der Waals surface area contributed by atoms with Crippen LogP contribution in [0.2, 0.25) is 0 Å². The Hall–Kier alpha value is -2.85. The fourth-order valence-electron chi connectivity index (χ4n) is 3.91. The van der Waals surface area contributed by atoms with Crippen molar-refractivity contribution in [1.29, 1.82) is 0 Å². The summed E-state index contributed by atoms with van der Waals surface area (Å²) in [5.74, 6) is 0.118. The lowest BCUT2D eigenvalue weighted by atomic mass is 9.86. The van der Waals surface area contributed by atoms with Crippen LogP contribution in [0, 0.1) is 5.92 Å². The third-order valence-electron chi connectivity index (χ3n) is 5.10. The quantitative estimate of drug-likeness (QED) is 0.671. The van der Waals surface area contributed by atoms with Crippen molar-refractivity contribution in [2.75, 3.05) is 6.61 Å². The molecule has 4 nitrogen and oxygen atoms in total. The van der Waals surface area contributed by atoms with E-state index in [1.807, 2.05) is 63.2 Å². The van der Waals surface area contributed by atoms with Crippen LogP contribution in [-0.4, -0.2) is 23.2 Å². The second-order valence-electron chi connectivity index (χ2n) is 8.50. The highest BCUT2D eigenvalue weighted by Crippen LogP contribution is 2.45. The van der Waals surface area contributed by atoms with Gasteiger partial charge in [0.25, 0.3) is 0 Å². The van der Waals surface area contributed by atoms with E-state index in [1.165, 1.54) is 0 Å². The number of hydrogen-bond donors (Lipinski definition) is 0. The summed E-state index contributed by atoms with van der Waals surface area (Å²) in [6.45, 7) is 6.53. The number of amides is 1. The Balaban J connectivity index is 1.58. The molecule has 1 heterocycles. The minimum absolute atomic E-state index is 0.0959. The van der Waals surface area contributed by atoms with Gasteiger partial charge < -0.3 is 9.47 Å². The van der Waals surface area contributed by atoms with Crippen LogP contribution < -0.4 is 0 Å². The molecule has 2 aromatic carbocycles. The van der Waals surface area contributed by atoms with E-state index in [0.717, 1.165) is 22.4 Å². The fourth-order valence-corrected chi connectivity index (χ4v) is 3.91. The summed E-state index contributed by atoms with van der Waals surface area (Å²) in [5.41, 5.74) is 3.68.